The number of non-ortho nitro benzene ring substituents is 1. The fraction of sp³-hybridized carbons (Fsp3) is 0.100. The molecule has 0 unspecified atom stereocenters. The molecule has 0 spiro atoms. The summed E-state index contributed by atoms with van der Waals surface area (Å²) < 4.78 is 4.74. The van der Waals surface area contributed by atoms with Gasteiger partial charge in [-0.2, -0.15) is 0 Å². The lowest BCUT2D eigenvalue weighted by Crippen LogP contribution is -1.96. The molecule has 0 aliphatic rings. The van der Waals surface area contributed by atoms with Crippen LogP contribution in [0.5, 0.6) is 0 Å². The highest BCUT2D eigenvalue weighted by atomic mass is 32.2. The quantitative estimate of drug-likeness (QED) is 0.265. The van der Waals surface area contributed by atoms with E-state index >= 15 is 0 Å². The van der Waals surface area contributed by atoms with Crippen LogP contribution in [-0.2, 0) is 4.74 Å². The molecule has 5 nitrogen and oxygen atoms in total. The lowest BCUT2D eigenvalue weighted by Gasteiger charge is -2.00. The number of hydrogen-bond donors (Lipinski definition) is 0. The standard InChI is InChI=1S/C10H9NO4S/c1-2-7-15-10(12)16-9-5-3-8(4-6-9)11(13)14/h2-6H,1,7H2. The van der Waals surface area contributed by atoms with Gasteiger partial charge in [0.1, 0.15) is 6.61 Å². The van der Waals surface area contributed by atoms with Gasteiger partial charge in [0.15, 0.2) is 0 Å². The zero-order valence-electron chi connectivity index (χ0n) is 8.29. The lowest BCUT2D eigenvalue weighted by molar-refractivity contribution is -0.384. The van der Waals surface area contributed by atoms with Crippen molar-refractivity contribution in [2.24, 2.45) is 0 Å². The van der Waals surface area contributed by atoms with Crippen molar-refractivity contribution in [3.8, 4) is 0 Å². The lowest BCUT2D eigenvalue weighted by atomic mass is 10.3. The molecule has 0 N–H and O–H groups in total. The van der Waals surface area contributed by atoms with Gasteiger partial charge in [0, 0.05) is 17.0 Å². The molecule has 0 aliphatic carbocycles. The van der Waals surface area contributed by atoms with Crippen molar-refractivity contribution in [1.82, 2.24) is 0 Å². The van der Waals surface area contributed by atoms with Crippen LogP contribution < -0.4 is 0 Å². The van der Waals surface area contributed by atoms with Crippen molar-refractivity contribution < 1.29 is 14.5 Å². The molecule has 6 heteroatoms. The largest absolute Gasteiger partial charge is 0.453 e. The van der Waals surface area contributed by atoms with E-state index in [0.717, 1.165) is 11.8 Å². The Bertz CT molecular complexity index is 402. The second kappa shape index (κ2) is 5.92. The zero-order chi connectivity index (χ0) is 12.0. The number of thioether (sulfide) groups is 1. The normalized spacial score (nSPS) is 9.50. The summed E-state index contributed by atoms with van der Waals surface area (Å²) in [6.45, 7) is 3.56. The van der Waals surface area contributed by atoms with Gasteiger partial charge < -0.3 is 4.74 Å². The first-order chi connectivity index (χ1) is 7.63. The van der Waals surface area contributed by atoms with Gasteiger partial charge in [0.2, 0.25) is 0 Å². The molecule has 0 atom stereocenters. The summed E-state index contributed by atoms with van der Waals surface area (Å²) in [6, 6.07) is 5.67. The summed E-state index contributed by atoms with van der Waals surface area (Å²) >= 11 is 0.872. The minimum atomic E-state index is -0.496. The van der Waals surface area contributed by atoms with Gasteiger partial charge in [-0.05, 0) is 23.9 Å². The van der Waals surface area contributed by atoms with Crippen LogP contribution in [0.25, 0.3) is 0 Å². The Morgan fingerprint density at radius 2 is 2.12 bits per heavy atom. The number of nitro groups is 1. The molecular weight excluding hydrogens is 230 g/mol. The molecule has 0 radical (unpaired) electrons. The Balaban J connectivity index is 2.58. The average Bonchev–Trinajstić information content (AvgIpc) is 2.27. The minimum absolute atomic E-state index is 0.0104. The Hall–Kier alpha value is -1.82. The third-order valence-corrected chi connectivity index (χ3v) is 2.36. The monoisotopic (exact) mass is 239 g/mol. The summed E-state index contributed by atoms with van der Waals surface area (Å²) in [5, 5.41) is 9.91. The molecule has 0 saturated heterocycles. The molecule has 0 fully saturated rings. The number of nitrogens with zero attached hydrogens (tertiary/aromatic N) is 1. The number of ether oxygens (including phenoxy) is 1. The smallest absolute Gasteiger partial charge is 0.372 e. The molecule has 0 bridgehead atoms. The third kappa shape index (κ3) is 3.74. The Labute approximate surface area is 96.3 Å². The Morgan fingerprint density at radius 3 is 2.62 bits per heavy atom. The van der Waals surface area contributed by atoms with E-state index in [-0.39, 0.29) is 12.3 Å². The summed E-state index contributed by atoms with van der Waals surface area (Å²) in [5.74, 6) is 0. The highest BCUT2D eigenvalue weighted by Gasteiger charge is 2.08. The van der Waals surface area contributed by atoms with E-state index in [1.54, 1.807) is 0 Å². The number of carbonyl (C=O) groups excluding carboxylic acids is 1. The second-order valence-electron chi connectivity index (χ2n) is 2.70. The van der Waals surface area contributed by atoms with E-state index in [9.17, 15) is 14.9 Å². The van der Waals surface area contributed by atoms with Crippen molar-refractivity contribution in [2.75, 3.05) is 6.61 Å². The van der Waals surface area contributed by atoms with E-state index in [1.165, 1.54) is 30.3 Å². The summed E-state index contributed by atoms with van der Waals surface area (Å²) in [6.07, 6.45) is 1.47. The van der Waals surface area contributed by atoms with Gasteiger partial charge in [-0.1, -0.05) is 12.7 Å². The molecule has 16 heavy (non-hydrogen) atoms. The number of nitro benzene ring substituents is 1. The number of carbonyl (C=O) groups is 1. The first-order valence-corrected chi connectivity index (χ1v) is 5.15. The van der Waals surface area contributed by atoms with Crippen LogP contribution in [-0.4, -0.2) is 16.8 Å². The van der Waals surface area contributed by atoms with Crippen LogP contribution in [0, 0.1) is 10.1 Å². The van der Waals surface area contributed by atoms with Crippen LogP contribution in [0.4, 0.5) is 10.5 Å². The Kier molecular flexibility index (Phi) is 4.53. The molecule has 0 heterocycles. The van der Waals surface area contributed by atoms with E-state index in [1.807, 2.05) is 0 Å². The van der Waals surface area contributed by atoms with Gasteiger partial charge in [0.25, 0.3) is 5.69 Å². The van der Waals surface area contributed by atoms with Gasteiger partial charge in [0.05, 0.1) is 4.92 Å². The SMILES string of the molecule is C=CCOC(=O)Sc1ccc([N+](=O)[O-])cc1. The van der Waals surface area contributed by atoms with E-state index in [4.69, 9.17) is 4.74 Å². The molecule has 0 aromatic heterocycles. The first-order valence-electron chi connectivity index (χ1n) is 4.33. The molecule has 1 rings (SSSR count). The first kappa shape index (κ1) is 12.3. The van der Waals surface area contributed by atoms with Crippen molar-refractivity contribution in [2.45, 2.75) is 4.90 Å². The Morgan fingerprint density at radius 1 is 1.50 bits per heavy atom. The fourth-order valence-electron chi connectivity index (χ4n) is 0.889. The maximum absolute atomic E-state index is 11.1. The molecule has 0 aliphatic heterocycles. The van der Waals surface area contributed by atoms with Crippen LogP contribution in [0.2, 0.25) is 0 Å². The van der Waals surface area contributed by atoms with Crippen LogP contribution >= 0.6 is 11.8 Å². The van der Waals surface area contributed by atoms with Gasteiger partial charge in [-0.25, -0.2) is 4.79 Å². The predicted octanol–water partition coefficient (Wildman–Crippen LogP) is 3.01. The minimum Gasteiger partial charge on any atom is -0.453 e. The highest BCUT2D eigenvalue weighted by molar-refractivity contribution is 8.13. The summed E-state index contributed by atoms with van der Waals surface area (Å²) in [7, 11) is 0. The summed E-state index contributed by atoms with van der Waals surface area (Å²) in [4.78, 5) is 21.6. The van der Waals surface area contributed by atoms with E-state index in [0.29, 0.717) is 4.90 Å². The molecule has 0 amide bonds. The van der Waals surface area contributed by atoms with Crippen molar-refractivity contribution >= 4 is 22.8 Å². The van der Waals surface area contributed by atoms with Crippen molar-refractivity contribution in [3.05, 3.63) is 47.0 Å². The van der Waals surface area contributed by atoms with Crippen LogP contribution in [0.1, 0.15) is 0 Å². The number of hydrogen-bond acceptors (Lipinski definition) is 5. The molecule has 0 saturated carbocycles. The van der Waals surface area contributed by atoms with Crippen molar-refractivity contribution in [3.63, 3.8) is 0 Å². The zero-order valence-corrected chi connectivity index (χ0v) is 9.11. The second-order valence-corrected chi connectivity index (χ2v) is 3.71. The molecule has 84 valence electrons. The van der Waals surface area contributed by atoms with Crippen molar-refractivity contribution in [1.29, 1.82) is 0 Å². The molecule has 1 aromatic rings. The average molecular weight is 239 g/mol. The van der Waals surface area contributed by atoms with Gasteiger partial charge in [-0.3, -0.25) is 10.1 Å². The fourth-order valence-corrected chi connectivity index (χ4v) is 1.48. The predicted molar refractivity (Wildman–Crippen MR) is 60.5 cm³/mol. The highest BCUT2D eigenvalue weighted by Crippen LogP contribution is 2.22. The molecule has 1 aromatic carbocycles. The van der Waals surface area contributed by atoms with Crippen LogP contribution in [0.15, 0.2) is 41.8 Å². The third-order valence-electron chi connectivity index (χ3n) is 1.57. The maximum atomic E-state index is 11.1. The topological polar surface area (TPSA) is 69.4 Å². The van der Waals surface area contributed by atoms with Gasteiger partial charge in [-0.15, -0.1) is 0 Å². The number of rotatable bonds is 4. The van der Waals surface area contributed by atoms with Crippen LogP contribution in [0.3, 0.4) is 0 Å². The summed E-state index contributed by atoms with van der Waals surface area (Å²) in [5.41, 5.74) is -0.0104. The molecular formula is C10H9NO4S. The van der Waals surface area contributed by atoms with E-state index in [2.05, 4.69) is 6.58 Å². The van der Waals surface area contributed by atoms with Gasteiger partial charge >= 0.3 is 5.30 Å². The van der Waals surface area contributed by atoms with E-state index < -0.39 is 10.2 Å². The number of benzene rings is 1. The maximum Gasteiger partial charge on any atom is 0.372 e.